The highest BCUT2D eigenvalue weighted by molar-refractivity contribution is 7.61. The third-order valence-corrected chi connectivity index (χ3v) is 13.9. The number of likely N-dealkylation sites (tertiary alicyclic amines) is 1. The van der Waals surface area contributed by atoms with Gasteiger partial charge in [0.1, 0.15) is 29.5 Å². The first kappa shape index (κ1) is 47.0. The van der Waals surface area contributed by atoms with Gasteiger partial charge in [-0.25, -0.2) is 19.6 Å². The molecule has 5 aromatic rings. The number of aromatic amines is 2. The number of fused-ring (bicyclic) bond motifs is 6. The highest BCUT2D eigenvalue weighted by Gasteiger charge is 2.38. The van der Waals surface area contributed by atoms with Gasteiger partial charge in [0.05, 0.1) is 68.6 Å². The third kappa shape index (κ3) is 10.7. The van der Waals surface area contributed by atoms with Crippen LogP contribution in [0.5, 0.6) is 5.75 Å². The number of benzene rings is 3. The van der Waals surface area contributed by atoms with Gasteiger partial charge >= 0.3 is 19.8 Å². The number of alkyl carbamates (subject to hydrolysis) is 2. The van der Waals surface area contributed by atoms with E-state index in [1.807, 2.05) is 42.5 Å². The molecule has 5 heterocycles. The minimum absolute atomic E-state index is 0.0150. The van der Waals surface area contributed by atoms with Gasteiger partial charge in [-0.1, -0.05) is 42.5 Å². The van der Waals surface area contributed by atoms with Gasteiger partial charge in [-0.15, -0.1) is 0 Å². The van der Waals surface area contributed by atoms with Crippen molar-refractivity contribution in [1.29, 1.82) is 0 Å². The smallest absolute Gasteiger partial charge is 0.407 e. The van der Waals surface area contributed by atoms with Crippen molar-refractivity contribution >= 4 is 36.9 Å². The molecule has 0 spiro atoms. The van der Waals surface area contributed by atoms with Gasteiger partial charge in [-0.05, 0) is 85.0 Å². The second-order valence-corrected chi connectivity index (χ2v) is 18.5. The molecule has 0 saturated carbocycles. The summed E-state index contributed by atoms with van der Waals surface area (Å²) in [5, 5.41) is 5.43. The van der Waals surface area contributed by atoms with Crippen LogP contribution in [0, 0.1) is 0 Å². The molecule has 4 amide bonds. The summed E-state index contributed by atoms with van der Waals surface area (Å²) in [6.07, 6.45) is 6.46. The third-order valence-electron chi connectivity index (χ3n) is 12.4. The Hall–Kier alpha value is -6.53. The Bertz CT molecular complexity index is 2600. The van der Waals surface area contributed by atoms with Crippen LogP contribution in [0.1, 0.15) is 67.8 Å². The van der Waals surface area contributed by atoms with Crippen molar-refractivity contribution in [2.24, 2.45) is 0 Å². The molecule has 3 aliphatic rings. The van der Waals surface area contributed by atoms with E-state index in [1.54, 1.807) is 34.3 Å². The lowest BCUT2D eigenvalue weighted by Gasteiger charge is -2.28. The van der Waals surface area contributed by atoms with E-state index < -0.39 is 31.9 Å². The molecule has 2 saturated heterocycles. The van der Waals surface area contributed by atoms with E-state index in [4.69, 9.17) is 33.4 Å². The molecule has 20 heteroatoms. The van der Waals surface area contributed by atoms with Crippen molar-refractivity contribution < 1.29 is 52.1 Å². The van der Waals surface area contributed by atoms with Crippen LogP contribution < -0.4 is 20.7 Å². The molecule has 5 N–H and O–H groups in total. The van der Waals surface area contributed by atoms with Gasteiger partial charge < -0.3 is 58.8 Å². The van der Waals surface area contributed by atoms with Crippen molar-refractivity contribution in [3.63, 3.8) is 0 Å². The number of hydrogen-bond acceptors (Lipinski definition) is 12. The molecule has 354 valence electrons. The van der Waals surface area contributed by atoms with E-state index in [2.05, 4.69) is 20.6 Å². The number of aromatic nitrogens is 4. The molecule has 2 aromatic heterocycles. The summed E-state index contributed by atoms with van der Waals surface area (Å²) in [6.45, 7) is 1.81. The zero-order valence-corrected chi connectivity index (χ0v) is 38.5. The fourth-order valence-electron chi connectivity index (χ4n) is 8.84. The topological polar surface area (TPSA) is 240 Å². The number of amides is 4. The first-order chi connectivity index (χ1) is 32.5. The molecular weight excluding hydrogens is 884 g/mol. The highest BCUT2D eigenvalue weighted by Crippen LogP contribution is 2.40. The average molecular weight is 939 g/mol. The molecule has 5 atom stereocenters. The van der Waals surface area contributed by atoms with E-state index in [1.165, 1.54) is 26.4 Å². The minimum atomic E-state index is -3.95. The summed E-state index contributed by atoms with van der Waals surface area (Å²) in [4.78, 5) is 82.3. The quantitative estimate of drug-likeness (QED) is 0.104. The summed E-state index contributed by atoms with van der Waals surface area (Å²) < 4.78 is 39.0. The average Bonchev–Trinajstić information content (AvgIpc) is 4.20. The predicted octanol–water partition coefficient (Wildman–Crippen LogP) is 5.80. The SMILES string of the molecule is COC(=O)N[C@@H](Cc1ccc(P(=O)(O)OC)cc1)C(=O)N1CCC[C@H]1c1ncc(-c2ccc(-c3ccc4c(c3)OCCCCOC[C@H](NC(=O)OC)C(=O)N3CCC[C@H]3c3ncc-4[nH]3)cc2)[nH]1. The maximum atomic E-state index is 14.1. The lowest BCUT2D eigenvalue weighted by Crippen LogP contribution is -2.50. The van der Waals surface area contributed by atoms with E-state index in [-0.39, 0.29) is 42.2 Å². The standard InChI is InChI=1S/C47H55N8O11P/c1-62-46(58)52-35(24-29-10-17-33(18-11-29)67(60,61)64-3)44(56)54-20-6-8-39(54)42-48-26-36(50-42)31-14-12-30(13-15-31)32-16-19-34-37-27-49-43(51-37)40-9-7-21-55(40)45(57)38(53-47(59)63-2)28-65-22-4-5-23-66-41(34)25-32/h10-19,25-27,35,38-40H,4-9,20-24,28H2,1-3H3,(H,48,50)(H,49,51)(H,52,58)(H,53,59)(H,60,61)/t35-,38-,39-,40-/m0/s1. The van der Waals surface area contributed by atoms with Gasteiger partial charge in [0.2, 0.25) is 11.8 Å². The van der Waals surface area contributed by atoms with Crippen molar-refractivity contribution in [3.8, 4) is 39.4 Å². The van der Waals surface area contributed by atoms with Crippen LogP contribution in [-0.2, 0) is 39.3 Å². The molecule has 3 aliphatic heterocycles. The normalized spacial score (nSPS) is 20.2. The van der Waals surface area contributed by atoms with Crippen LogP contribution in [0.25, 0.3) is 33.6 Å². The number of nitrogens with one attached hydrogen (secondary N) is 4. The molecule has 2 fully saturated rings. The Morgan fingerprint density at radius 1 is 0.821 bits per heavy atom. The van der Waals surface area contributed by atoms with Crippen LogP contribution in [0.15, 0.2) is 79.1 Å². The summed E-state index contributed by atoms with van der Waals surface area (Å²) >= 11 is 0. The van der Waals surface area contributed by atoms with E-state index >= 15 is 0 Å². The summed E-state index contributed by atoms with van der Waals surface area (Å²) in [5.74, 6) is 1.40. The zero-order chi connectivity index (χ0) is 47.1. The van der Waals surface area contributed by atoms with Gasteiger partial charge in [-0.2, -0.15) is 0 Å². The Morgan fingerprint density at radius 2 is 1.48 bits per heavy atom. The summed E-state index contributed by atoms with van der Waals surface area (Å²) in [5.41, 5.74) is 5.83. The second kappa shape index (κ2) is 21.0. The molecule has 1 unspecified atom stereocenters. The van der Waals surface area contributed by atoms with Gasteiger partial charge in [-0.3, -0.25) is 14.2 Å². The first-order valence-electron chi connectivity index (χ1n) is 22.3. The Kier molecular flexibility index (Phi) is 14.7. The molecule has 67 heavy (non-hydrogen) atoms. The molecule has 3 aromatic carbocycles. The molecule has 0 aliphatic carbocycles. The maximum absolute atomic E-state index is 14.1. The summed E-state index contributed by atoms with van der Waals surface area (Å²) in [7, 11) is -0.307. The molecule has 19 nitrogen and oxygen atoms in total. The van der Waals surface area contributed by atoms with Gasteiger partial charge in [0.15, 0.2) is 0 Å². The van der Waals surface area contributed by atoms with Crippen LogP contribution >= 0.6 is 7.60 Å². The molecule has 0 radical (unpaired) electrons. The number of ether oxygens (including phenoxy) is 4. The van der Waals surface area contributed by atoms with Gasteiger partial charge in [0, 0.05) is 38.8 Å². The lowest BCUT2D eigenvalue weighted by atomic mass is 10.00. The second-order valence-electron chi connectivity index (χ2n) is 16.6. The van der Waals surface area contributed by atoms with Crippen LogP contribution in [0.3, 0.4) is 0 Å². The van der Waals surface area contributed by atoms with Crippen LogP contribution in [0.4, 0.5) is 9.59 Å². The van der Waals surface area contributed by atoms with E-state index in [9.17, 15) is 28.6 Å². The molecule has 8 rings (SSSR count). The van der Waals surface area contributed by atoms with Crippen molar-refractivity contribution in [3.05, 3.63) is 96.3 Å². The Balaban J connectivity index is 0.978. The number of H-pyrrole nitrogens is 2. The highest BCUT2D eigenvalue weighted by atomic mass is 31.2. The predicted molar refractivity (Wildman–Crippen MR) is 245 cm³/mol. The summed E-state index contributed by atoms with van der Waals surface area (Å²) in [6, 6.07) is 17.8. The van der Waals surface area contributed by atoms with Crippen LogP contribution in [-0.4, -0.2) is 125 Å². The number of hydrogen-bond donors (Lipinski definition) is 5. The number of nitrogens with zero attached hydrogens (tertiary/aromatic N) is 4. The van der Waals surface area contributed by atoms with Crippen molar-refractivity contribution in [1.82, 2.24) is 40.4 Å². The van der Waals surface area contributed by atoms with Crippen LogP contribution in [0.2, 0.25) is 0 Å². The number of carbonyl (C=O) groups is 4. The molecular formula is C47H55N8O11P. The minimum Gasteiger partial charge on any atom is -0.493 e. The fourth-order valence-corrected chi connectivity index (χ4v) is 9.58. The van der Waals surface area contributed by atoms with E-state index in [0.29, 0.717) is 74.9 Å². The van der Waals surface area contributed by atoms with Gasteiger partial charge in [0.25, 0.3) is 0 Å². The van der Waals surface area contributed by atoms with Crippen molar-refractivity contribution in [2.75, 3.05) is 54.2 Å². The monoisotopic (exact) mass is 938 g/mol. The Labute approximate surface area is 387 Å². The number of imidazole rings is 2. The molecule has 2 bridgehead atoms. The van der Waals surface area contributed by atoms with Crippen molar-refractivity contribution in [2.45, 2.75) is 69.1 Å². The Morgan fingerprint density at radius 3 is 2.22 bits per heavy atom. The number of methoxy groups -OCH3 is 2. The number of rotatable bonds is 10. The fraction of sp³-hybridized carbons (Fsp3) is 0.404. The zero-order valence-electron chi connectivity index (χ0n) is 37.6. The van der Waals surface area contributed by atoms with E-state index in [0.717, 1.165) is 53.6 Å². The maximum Gasteiger partial charge on any atom is 0.407 e. The largest absolute Gasteiger partial charge is 0.493 e. The number of carbonyl (C=O) groups excluding carboxylic acids is 4. The first-order valence-corrected chi connectivity index (χ1v) is 23.9. The lowest BCUT2D eigenvalue weighted by molar-refractivity contribution is -0.136.